The third-order valence-corrected chi connectivity index (χ3v) is 1.37. The maximum Gasteiger partial charge on any atom is -0.0398 e. The molecule has 1 aromatic carbocycles. The molecule has 0 fully saturated rings. The van der Waals surface area contributed by atoms with Crippen LogP contribution in [-0.2, 0) is 0 Å². The minimum absolute atomic E-state index is 1.08. The predicted molar refractivity (Wildman–Crippen MR) is 60.8 cm³/mol. The van der Waals surface area contributed by atoms with Crippen molar-refractivity contribution in [2.24, 2.45) is 0 Å². The van der Waals surface area contributed by atoms with E-state index in [4.69, 9.17) is 0 Å². The van der Waals surface area contributed by atoms with Crippen molar-refractivity contribution in [3.63, 3.8) is 0 Å². The van der Waals surface area contributed by atoms with Gasteiger partial charge in [0, 0.05) is 0 Å². The van der Waals surface area contributed by atoms with Crippen LogP contribution in [0.4, 0.5) is 0 Å². The van der Waals surface area contributed by atoms with Crippen LogP contribution in [0.15, 0.2) is 18.2 Å². The van der Waals surface area contributed by atoms with E-state index in [9.17, 15) is 0 Å². The Kier molecular flexibility index (Phi) is 6.02. The fourth-order valence-corrected chi connectivity index (χ4v) is 1.20. The van der Waals surface area contributed by atoms with Crippen LogP contribution in [0.5, 0.6) is 0 Å². The van der Waals surface area contributed by atoms with Gasteiger partial charge in [-0.2, -0.15) is 0 Å². The molecule has 0 nitrogen and oxygen atoms in total. The summed E-state index contributed by atoms with van der Waals surface area (Å²) in [6.07, 6.45) is 0. The minimum atomic E-state index is 1.08. The molecule has 68 valence electrons. The molecule has 0 aliphatic carbocycles. The molecule has 0 atom stereocenters. The van der Waals surface area contributed by atoms with Crippen molar-refractivity contribution < 1.29 is 0 Å². The molecule has 0 radical (unpaired) electrons. The molecule has 0 saturated heterocycles. The zero-order valence-corrected chi connectivity index (χ0v) is 9.73. The molecule has 1 aromatic rings. The summed E-state index contributed by atoms with van der Waals surface area (Å²) < 4.78 is 0. The summed E-state index contributed by atoms with van der Waals surface area (Å²) in [7, 11) is 1.08. The van der Waals surface area contributed by atoms with E-state index in [1.165, 1.54) is 16.7 Å². The van der Waals surface area contributed by atoms with Crippen LogP contribution in [0.2, 0.25) is 0 Å². The molecule has 0 aliphatic rings. The summed E-state index contributed by atoms with van der Waals surface area (Å²) in [5, 5.41) is 0. The van der Waals surface area contributed by atoms with Gasteiger partial charge in [0.05, 0.1) is 0 Å². The van der Waals surface area contributed by atoms with Crippen LogP contribution < -0.4 is 0 Å². The summed E-state index contributed by atoms with van der Waals surface area (Å²) >= 11 is 0. The molecule has 0 aromatic heterocycles. The first-order valence-corrected chi connectivity index (χ1v) is 6.23. The summed E-state index contributed by atoms with van der Waals surface area (Å²) in [6, 6.07) is 6.56. The Bertz CT molecular complexity index is 178. The van der Waals surface area contributed by atoms with Gasteiger partial charge in [-0.15, -0.1) is 8.58 Å². The molecule has 12 heavy (non-hydrogen) atoms. The Morgan fingerprint density at radius 3 is 1.08 bits per heavy atom. The van der Waals surface area contributed by atoms with Crippen molar-refractivity contribution in [2.75, 3.05) is 13.3 Å². The van der Waals surface area contributed by atoms with Crippen molar-refractivity contribution in [3.05, 3.63) is 34.9 Å². The third-order valence-electron chi connectivity index (χ3n) is 1.37. The van der Waals surface area contributed by atoms with Crippen molar-refractivity contribution in [2.45, 2.75) is 20.8 Å². The normalized spacial score (nSPS) is 8.75. The van der Waals surface area contributed by atoms with E-state index in [0.29, 0.717) is 0 Å². The average Bonchev–Trinajstić information content (AvgIpc) is 1.84. The van der Waals surface area contributed by atoms with Crippen LogP contribution in [-0.4, -0.2) is 13.3 Å². The van der Waals surface area contributed by atoms with Crippen LogP contribution in [0, 0.1) is 20.8 Å². The third kappa shape index (κ3) is 5.32. The highest BCUT2D eigenvalue weighted by atomic mass is 31.1. The maximum atomic E-state index is 2.19. The fourth-order valence-electron chi connectivity index (χ4n) is 1.20. The van der Waals surface area contributed by atoms with E-state index in [1.54, 1.807) is 0 Å². The Hall–Kier alpha value is -0.350. The van der Waals surface area contributed by atoms with E-state index in [1.807, 2.05) is 0 Å². The summed E-state index contributed by atoms with van der Waals surface area (Å²) in [5.74, 6) is 0. The van der Waals surface area contributed by atoms with Gasteiger partial charge < -0.3 is 0 Å². The summed E-state index contributed by atoms with van der Waals surface area (Å²) in [6.45, 7) is 10.7. The molecular formula is C11H19P. The number of benzene rings is 1. The second-order valence-corrected chi connectivity index (χ2v) is 4.17. The number of rotatable bonds is 0. The first-order valence-electron chi connectivity index (χ1n) is 4.23. The predicted octanol–water partition coefficient (Wildman–Crippen LogP) is 3.54. The molecule has 0 spiro atoms. The quantitative estimate of drug-likeness (QED) is 0.538. The van der Waals surface area contributed by atoms with E-state index in [-0.39, 0.29) is 0 Å². The molecule has 1 heteroatoms. The van der Waals surface area contributed by atoms with Gasteiger partial charge in [0.2, 0.25) is 0 Å². The molecule has 0 unspecified atom stereocenters. The van der Waals surface area contributed by atoms with Gasteiger partial charge in [0.15, 0.2) is 0 Å². The van der Waals surface area contributed by atoms with Crippen molar-refractivity contribution >= 4 is 8.58 Å². The van der Waals surface area contributed by atoms with E-state index in [2.05, 4.69) is 52.3 Å². The largest absolute Gasteiger partial charge is 0.129 e. The highest BCUT2D eigenvalue weighted by Gasteiger charge is 1.87. The van der Waals surface area contributed by atoms with Crippen molar-refractivity contribution in [1.82, 2.24) is 0 Å². The molecule has 0 aliphatic heterocycles. The first-order chi connectivity index (χ1) is 5.60. The van der Waals surface area contributed by atoms with E-state index < -0.39 is 0 Å². The molecule has 0 N–H and O–H groups in total. The van der Waals surface area contributed by atoms with Crippen molar-refractivity contribution in [3.8, 4) is 0 Å². The number of hydrogen-bond donors (Lipinski definition) is 0. The van der Waals surface area contributed by atoms with Crippen molar-refractivity contribution in [1.29, 1.82) is 0 Å². The van der Waals surface area contributed by atoms with Crippen LogP contribution >= 0.6 is 8.58 Å². The van der Waals surface area contributed by atoms with E-state index in [0.717, 1.165) is 8.58 Å². The lowest BCUT2D eigenvalue weighted by Gasteiger charge is -1.96. The standard InChI is InChI=1S/C9H12.C2H7P/c1-7-4-8(2)6-9(3)5-7;1-3-2/h4-6H,1-3H3;3H,1-2H3. The lowest BCUT2D eigenvalue weighted by Crippen LogP contribution is -1.78. The Morgan fingerprint density at radius 1 is 0.750 bits per heavy atom. The second-order valence-electron chi connectivity index (χ2n) is 3.17. The first kappa shape index (κ1) is 11.6. The Morgan fingerprint density at radius 2 is 0.917 bits per heavy atom. The monoisotopic (exact) mass is 182 g/mol. The highest BCUT2D eigenvalue weighted by molar-refractivity contribution is 7.35. The summed E-state index contributed by atoms with van der Waals surface area (Å²) in [4.78, 5) is 0. The lowest BCUT2D eigenvalue weighted by molar-refractivity contribution is 1.32. The van der Waals surface area contributed by atoms with Gasteiger partial charge in [-0.25, -0.2) is 0 Å². The average molecular weight is 182 g/mol. The molecular weight excluding hydrogens is 163 g/mol. The molecule has 0 bridgehead atoms. The highest BCUT2D eigenvalue weighted by Crippen LogP contribution is 2.06. The lowest BCUT2D eigenvalue weighted by atomic mass is 10.1. The molecule has 0 heterocycles. The van der Waals surface area contributed by atoms with Gasteiger partial charge >= 0.3 is 0 Å². The maximum absolute atomic E-state index is 2.19. The van der Waals surface area contributed by atoms with Crippen LogP contribution in [0.25, 0.3) is 0 Å². The summed E-state index contributed by atoms with van der Waals surface area (Å²) in [5.41, 5.74) is 4.06. The van der Waals surface area contributed by atoms with Gasteiger partial charge in [-0.1, -0.05) is 34.9 Å². The second kappa shape index (κ2) is 6.20. The Labute approximate surface area is 78.2 Å². The minimum Gasteiger partial charge on any atom is -0.129 e. The Balaban J connectivity index is 0.000000354. The number of hydrogen-bond acceptors (Lipinski definition) is 0. The SMILES string of the molecule is CPC.Cc1cc(C)cc(C)c1. The van der Waals surface area contributed by atoms with Gasteiger partial charge in [0.25, 0.3) is 0 Å². The van der Waals surface area contributed by atoms with Gasteiger partial charge in [0.1, 0.15) is 0 Å². The van der Waals surface area contributed by atoms with Gasteiger partial charge in [-0.05, 0) is 34.1 Å². The molecule has 0 amide bonds. The van der Waals surface area contributed by atoms with Gasteiger partial charge in [-0.3, -0.25) is 0 Å². The molecule has 0 saturated carbocycles. The molecule has 1 rings (SSSR count). The zero-order chi connectivity index (χ0) is 9.56. The van der Waals surface area contributed by atoms with Crippen LogP contribution in [0.1, 0.15) is 16.7 Å². The fraction of sp³-hybridized carbons (Fsp3) is 0.455. The zero-order valence-electron chi connectivity index (χ0n) is 8.73. The number of aryl methyl sites for hydroxylation is 3. The van der Waals surface area contributed by atoms with Crippen LogP contribution in [0.3, 0.4) is 0 Å². The topological polar surface area (TPSA) is 0 Å². The van der Waals surface area contributed by atoms with E-state index >= 15 is 0 Å². The smallest absolute Gasteiger partial charge is 0.0398 e.